The average Bonchev–Trinajstić information content (AvgIpc) is 2.81. The molecule has 0 bridgehead atoms. The molecule has 2 aliphatic rings. The molecule has 1 fully saturated rings. The van der Waals surface area contributed by atoms with E-state index in [1.165, 1.54) is 0 Å². The lowest BCUT2D eigenvalue weighted by molar-refractivity contribution is -0.136. The number of hydrogen-bond acceptors (Lipinski definition) is 4. The number of piperazine rings is 1. The number of amides is 3. The molecule has 4 rings (SSSR count). The van der Waals surface area contributed by atoms with E-state index in [0.717, 1.165) is 11.1 Å². The van der Waals surface area contributed by atoms with Crippen LogP contribution in [0.2, 0.25) is 0 Å². The zero-order valence-electron chi connectivity index (χ0n) is 17.9. The summed E-state index contributed by atoms with van der Waals surface area (Å²) in [6, 6.07) is 16.7. The first-order valence-corrected chi connectivity index (χ1v) is 10.6. The Morgan fingerprint density at radius 2 is 1.55 bits per heavy atom. The maximum Gasteiger partial charge on any atom is 0.409 e. The maximum atomic E-state index is 13.8. The van der Waals surface area contributed by atoms with Crippen LogP contribution in [0, 0.1) is 0 Å². The summed E-state index contributed by atoms with van der Waals surface area (Å²) in [5, 5.41) is 0. The molecule has 0 N–H and O–H groups in total. The topological polar surface area (TPSA) is 70.2 Å². The number of hydrogen-bond donors (Lipinski definition) is 0. The van der Waals surface area contributed by atoms with Crippen LogP contribution in [-0.4, -0.2) is 72.4 Å². The second-order valence-electron chi connectivity index (χ2n) is 7.85. The van der Waals surface area contributed by atoms with Gasteiger partial charge in [-0.3, -0.25) is 9.59 Å². The molecule has 2 aliphatic heterocycles. The van der Waals surface area contributed by atoms with Gasteiger partial charge in [0.1, 0.15) is 0 Å². The van der Waals surface area contributed by atoms with Gasteiger partial charge >= 0.3 is 6.09 Å². The minimum Gasteiger partial charge on any atom is -0.450 e. The molecule has 0 saturated carbocycles. The number of carbonyl (C=O) groups excluding carboxylic acids is 3. The van der Waals surface area contributed by atoms with Gasteiger partial charge < -0.3 is 19.4 Å². The number of ether oxygens (including phenoxy) is 1. The van der Waals surface area contributed by atoms with E-state index in [-0.39, 0.29) is 23.9 Å². The normalized spacial score (nSPS) is 21.0. The Morgan fingerprint density at radius 1 is 0.935 bits per heavy atom. The molecular weight excluding hydrogens is 394 g/mol. The van der Waals surface area contributed by atoms with Gasteiger partial charge in [-0.25, -0.2) is 4.79 Å². The second kappa shape index (κ2) is 8.79. The number of carbonyl (C=O) groups is 3. The fourth-order valence-electron chi connectivity index (χ4n) is 4.53. The Morgan fingerprint density at radius 3 is 2.23 bits per heavy atom. The molecule has 1 saturated heterocycles. The van der Waals surface area contributed by atoms with Crippen molar-refractivity contribution >= 4 is 17.9 Å². The Hall–Kier alpha value is -3.35. The molecule has 2 heterocycles. The lowest BCUT2D eigenvalue weighted by Crippen LogP contribution is -2.54. The van der Waals surface area contributed by atoms with Crippen LogP contribution in [0.4, 0.5) is 4.79 Å². The van der Waals surface area contributed by atoms with Crippen LogP contribution in [0.5, 0.6) is 0 Å². The van der Waals surface area contributed by atoms with E-state index in [1.807, 2.05) is 48.5 Å². The Balaban J connectivity index is 1.65. The molecule has 2 aromatic carbocycles. The molecular formula is C24H27N3O4. The molecule has 0 radical (unpaired) electrons. The first kappa shape index (κ1) is 20.9. The summed E-state index contributed by atoms with van der Waals surface area (Å²) >= 11 is 0. The largest absolute Gasteiger partial charge is 0.450 e. The van der Waals surface area contributed by atoms with E-state index in [4.69, 9.17) is 4.74 Å². The van der Waals surface area contributed by atoms with Crippen molar-refractivity contribution in [2.75, 3.05) is 39.8 Å². The van der Waals surface area contributed by atoms with Crippen molar-refractivity contribution in [1.29, 1.82) is 0 Å². The standard InChI is InChI=1S/C24H27N3O4/c1-3-31-24(30)27-15-13-26(14-16-27)23(29)20-18-11-7-8-12-19(18)22(28)25(2)21(20)17-9-5-4-6-10-17/h4-12,20-21H,3,13-16H2,1-2H3/t20-,21+/m1/s1. The highest BCUT2D eigenvalue weighted by atomic mass is 16.6. The zero-order chi connectivity index (χ0) is 22.0. The van der Waals surface area contributed by atoms with Crippen molar-refractivity contribution in [1.82, 2.24) is 14.7 Å². The number of likely N-dealkylation sites (N-methyl/N-ethyl adjacent to an activating group) is 1. The van der Waals surface area contributed by atoms with E-state index < -0.39 is 5.92 Å². The number of nitrogens with zero attached hydrogens (tertiary/aromatic N) is 3. The van der Waals surface area contributed by atoms with Crippen molar-refractivity contribution in [3.63, 3.8) is 0 Å². The SMILES string of the molecule is CCOC(=O)N1CCN(C(=O)[C@@H]2c3ccccc3C(=O)N(C)[C@H]2c2ccccc2)CC1. The third kappa shape index (κ3) is 3.87. The smallest absolute Gasteiger partial charge is 0.409 e. The third-order valence-electron chi connectivity index (χ3n) is 6.10. The lowest BCUT2D eigenvalue weighted by Gasteiger charge is -2.43. The minimum absolute atomic E-state index is 0.0239. The van der Waals surface area contributed by atoms with E-state index in [1.54, 1.807) is 34.7 Å². The molecule has 162 valence electrons. The summed E-state index contributed by atoms with van der Waals surface area (Å²) in [6.07, 6.45) is -0.342. The molecule has 2 atom stereocenters. The van der Waals surface area contributed by atoms with Crippen LogP contribution < -0.4 is 0 Å². The predicted octanol–water partition coefficient (Wildman–Crippen LogP) is 2.90. The molecule has 31 heavy (non-hydrogen) atoms. The quantitative estimate of drug-likeness (QED) is 0.764. The highest BCUT2D eigenvalue weighted by Gasteiger charge is 2.44. The average molecular weight is 421 g/mol. The summed E-state index contributed by atoms with van der Waals surface area (Å²) in [6.45, 7) is 3.86. The van der Waals surface area contributed by atoms with Crippen molar-refractivity contribution < 1.29 is 19.1 Å². The predicted molar refractivity (Wildman–Crippen MR) is 116 cm³/mol. The van der Waals surface area contributed by atoms with E-state index in [0.29, 0.717) is 38.3 Å². The van der Waals surface area contributed by atoms with Gasteiger partial charge in [0, 0.05) is 38.8 Å². The fourth-order valence-corrected chi connectivity index (χ4v) is 4.53. The Labute approximate surface area is 182 Å². The van der Waals surface area contributed by atoms with Crippen LogP contribution in [0.15, 0.2) is 54.6 Å². The fraction of sp³-hybridized carbons (Fsp3) is 0.375. The van der Waals surface area contributed by atoms with Gasteiger partial charge in [0.2, 0.25) is 5.91 Å². The van der Waals surface area contributed by atoms with Gasteiger partial charge in [-0.05, 0) is 24.1 Å². The molecule has 0 spiro atoms. The Bertz CT molecular complexity index is 970. The van der Waals surface area contributed by atoms with Gasteiger partial charge in [0.25, 0.3) is 5.91 Å². The maximum absolute atomic E-state index is 13.8. The van der Waals surface area contributed by atoms with E-state index >= 15 is 0 Å². The monoisotopic (exact) mass is 421 g/mol. The van der Waals surface area contributed by atoms with Crippen LogP contribution in [0.1, 0.15) is 40.4 Å². The highest BCUT2D eigenvalue weighted by molar-refractivity contribution is 6.01. The summed E-state index contributed by atoms with van der Waals surface area (Å²) in [7, 11) is 1.76. The molecule has 0 aliphatic carbocycles. The lowest BCUT2D eigenvalue weighted by atomic mass is 9.79. The van der Waals surface area contributed by atoms with Crippen LogP contribution in [-0.2, 0) is 9.53 Å². The van der Waals surface area contributed by atoms with Crippen LogP contribution in [0.3, 0.4) is 0 Å². The first-order valence-electron chi connectivity index (χ1n) is 10.6. The molecule has 2 aromatic rings. The molecule has 7 nitrogen and oxygen atoms in total. The molecule has 7 heteroatoms. The van der Waals surface area contributed by atoms with Gasteiger partial charge in [-0.2, -0.15) is 0 Å². The van der Waals surface area contributed by atoms with E-state index in [9.17, 15) is 14.4 Å². The third-order valence-corrected chi connectivity index (χ3v) is 6.10. The van der Waals surface area contributed by atoms with E-state index in [2.05, 4.69) is 0 Å². The van der Waals surface area contributed by atoms with Gasteiger partial charge in [0.15, 0.2) is 0 Å². The van der Waals surface area contributed by atoms with Crippen molar-refractivity contribution in [2.24, 2.45) is 0 Å². The number of fused-ring (bicyclic) bond motifs is 1. The van der Waals surface area contributed by atoms with Crippen LogP contribution in [0.25, 0.3) is 0 Å². The van der Waals surface area contributed by atoms with Gasteiger partial charge in [0.05, 0.1) is 18.6 Å². The van der Waals surface area contributed by atoms with Crippen LogP contribution >= 0.6 is 0 Å². The summed E-state index contributed by atoms with van der Waals surface area (Å²) in [5.41, 5.74) is 2.26. The van der Waals surface area contributed by atoms with Crippen molar-refractivity contribution in [3.05, 3.63) is 71.3 Å². The van der Waals surface area contributed by atoms with Crippen molar-refractivity contribution in [3.8, 4) is 0 Å². The second-order valence-corrected chi connectivity index (χ2v) is 7.85. The molecule has 0 aromatic heterocycles. The Kier molecular flexibility index (Phi) is 5.93. The van der Waals surface area contributed by atoms with Gasteiger partial charge in [-0.15, -0.1) is 0 Å². The first-order chi connectivity index (χ1) is 15.0. The summed E-state index contributed by atoms with van der Waals surface area (Å²) < 4.78 is 5.08. The highest BCUT2D eigenvalue weighted by Crippen LogP contribution is 2.42. The van der Waals surface area contributed by atoms with Crippen molar-refractivity contribution in [2.45, 2.75) is 18.9 Å². The van der Waals surface area contributed by atoms with Gasteiger partial charge in [-0.1, -0.05) is 48.5 Å². The molecule has 0 unspecified atom stereocenters. The number of rotatable bonds is 3. The molecule has 3 amide bonds. The summed E-state index contributed by atoms with van der Waals surface area (Å²) in [5.74, 6) is -0.611. The minimum atomic E-state index is -0.504. The number of benzene rings is 2. The zero-order valence-corrected chi connectivity index (χ0v) is 17.9. The summed E-state index contributed by atoms with van der Waals surface area (Å²) in [4.78, 5) is 44.0.